The summed E-state index contributed by atoms with van der Waals surface area (Å²) in [5, 5.41) is 3.22. The lowest BCUT2D eigenvalue weighted by molar-refractivity contribution is 0.835. The first-order valence-corrected chi connectivity index (χ1v) is 7.73. The topological polar surface area (TPSA) is 12.0 Å². The predicted molar refractivity (Wildman–Crippen MR) is 91.6 cm³/mol. The van der Waals surface area contributed by atoms with Crippen molar-refractivity contribution < 1.29 is 0 Å². The summed E-state index contributed by atoms with van der Waals surface area (Å²) in [6.07, 6.45) is 12.7. The van der Waals surface area contributed by atoms with Crippen molar-refractivity contribution in [3.63, 3.8) is 0 Å². The molecule has 104 valence electrons. The monoisotopic (exact) mass is 283 g/mol. The second-order valence-corrected chi connectivity index (χ2v) is 5.87. The molecule has 0 spiro atoms. The first-order valence-electron chi connectivity index (χ1n) is 6.91. The molecule has 1 aliphatic rings. The molecule has 20 heavy (non-hydrogen) atoms. The lowest BCUT2D eigenvalue weighted by Crippen LogP contribution is -2.07. The van der Waals surface area contributed by atoms with Gasteiger partial charge in [0.1, 0.15) is 0 Å². The van der Waals surface area contributed by atoms with E-state index in [-0.39, 0.29) is 0 Å². The second kappa shape index (κ2) is 7.20. The third kappa shape index (κ3) is 3.67. The Kier molecular flexibility index (Phi) is 5.31. The summed E-state index contributed by atoms with van der Waals surface area (Å²) >= 11 is 1.86. The van der Waals surface area contributed by atoms with Gasteiger partial charge in [-0.3, -0.25) is 0 Å². The summed E-state index contributed by atoms with van der Waals surface area (Å²) in [5.41, 5.74) is 3.73. The molecule has 0 atom stereocenters. The van der Waals surface area contributed by atoms with Gasteiger partial charge in [-0.05, 0) is 54.0 Å². The van der Waals surface area contributed by atoms with Crippen LogP contribution in [0.1, 0.15) is 30.9 Å². The fourth-order valence-electron chi connectivity index (χ4n) is 2.19. The van der Waals surface area contributed by atoms with Crippen molar-refractivity contribution >= 4 is 23.9 Å². The van der Waals surface area contributed by atoms with Crippen LogP contribution in [0, 0.1) is 0 Å². The molecule has 0 radical (unpaired) electrons. The van der Waals surface area contributed by atoms with Crippen LogP contribution in [-0.2, 0) is 0 Å². The summed E-state index contributed by atoms with van der Waals surface area (Å²) in [6.45, 7) is 5.91. The summed E-state index contributed by atoms with van der Waals surface area (Å²) in [6, 6.07) is 6.55. The summed E-state index contributed by atoms with van der Waals surface area (Å²) in [7, 11) is 1.98. The molecule has 0 bridgehead atoms. The zero-order chi connectivity index (χ0) is 14.4. The van der Waals surface area contributed by atoms with Crippen molar-refractivity contribution in [2.24, 2.45) is 0 Å². The van der Waals surface area contributed by atoms with Crippen molar-refractivity contribution in [1.82, 2.24) is 5.32 Å². The minimum absolute atomic E-state index is 1.10. The highest BCUT2D eigenvalue weighted by Crippen LogP contribution is 2.34. The van der Waals surface area contributed by atoms with Gasteiger partial charge in [0.15, 0.2) is 0 Å². The van der Waals surface area contributed by atoms with Crippen LogP contribution in [0.5, 0.6) is 0 Å². The Morgan fingerprint density at radius 3 is 2.65 bits per heavy atom. The molecule has 0 saturated carbocycles. The lowest BCUT2D eigenvalue weighted by Gasteiger charge is -2.14. The molecule has 0 heterocycles. The summed E-state index contributed by atoms with van der Waals surface area (Å²) in [5.74, 6) is 0. The molecule has 2 heteroatoms. The van der Waals surface area contributed by atoms with E-state index in [0.717, 1.165) is 12.8 Å². The average Bonchev–Trinajstić information content (AvgIpc) is 2.49. The highest BCUT2D eigenvalue weighted by molar-refractivity contribution is 8.03. The van der Waals surface area contributed by atoms with Gasteiger partial charge >= 0.3 is 0 Å². The Balaban J connectivity index is 2.18. The normalized spacial score (nSPS) is 14.9. The van der Waals surface area contributed by atoms with E-state index in [1.54, 1.807) is 0 Å². The summed E-state index contributed by atoms with van der Waals surface area (Å²) < 4.78 is 0. The van der Waals surface area contributed by atoms with Gasteiger partial charge in [-0.2, -0.15) is 0 Å². The molecule has 1 aromatic rings. The number of hydrogen-bond donors (Lipinski definition) is 1. The van der Waals surface area contributed by atoms with Crippen molar-refractivity contribution in [2.75, 3.05) is 7.05 Å². The standard InChI is InChI=1S/C18H21NS/c1-4-6-15-13-18(10-7-14(15)5-2)20-17-11-8-16(19-3)9-12-17/h4-8,10-11,13,19H,2,9,12H2,1,3H3/b6-4-. The van der Waals surface area contributed by atoms with E-state index in [4.69, 9.17) is 0 Å². The molecule has 0 fully saturated rings. The number of allylic oxidation sites excluding steroid dienone is 5. The highest BCUT2D eigenvalue weighted by atomic mass is 32.2. The molecule has 0 amide bonds. The van der Waals surface area contributed by atoms with Crippen molar-refractivity contribution in [1.29, 1.82) is 0 Å². The lowest BCUT2D eigenvalue weighted by atomic mass is 10.1. The molecular formula is C18H21NS. The summed E-state index contributed by atoms with van der Waals surface area (Å²) in [4.78, 5) is 2.71. The molecule has 1 N–H and O–H groups in total. The molecule has 2 rings (SSSR count). The smallest absolute Gasteiger partial charge is 0.0125 e. The Morgan fingerprint density at radius 1 is 1.20 bits per heavy atom. The fourth-order valence-corrected chi connectivity index (χ4v) is 3.15. The van der Waals surface area contributed by atoms with Crippen LogP contribution in [0.15, 0.2) is 58.5 Å². The number of benzene rings is 1. The van der Waals surface area contributed by atoms with Gasteiger partial charge in [-0.1, -0.05) is 48.7 Å². The largest absolute Gasteiger partial charge is 0.391 e. The van der Waals surface area contributed by atoms with Gasteiger partial charge in [-0.25, -0.2) is 0 Å². The van der Waals surface area contributed by atoms with Gasteiger partial charge in [0.25, 0.3) is 0 Å². The molecule has 0 unspecified atom stereocenters. The van der Waals surface area contributed by atoms with Gasteiger partial charge < -0.3 is 5.32 Å². The number of rotatable bonds is 5. The average molecular weight is 283 g/mol. The molecule has 1 nitrogen and oxygen atoms in total. The van der Waals surface area contributed by atoms with E-state index in [1.807, 2.05) is 31.8 Å². The quantitative estimate of drug-likeness (QED) is 0.793. The van der Waals surface area contributed by atoms with E-state index in [9.17, 15) is 0 Å². The van der Waals surface area contributed by atoms with Crippen LogP contribution in [-0.4, -0.2) is 7.05 Å². The predicted octanol–water partition coefficient (Wildman–Crippen LogP) is 5.24. The molecule has 0 aliphatic heterocycles. The van der Waals surface area contributed by atoms with E-state index in [1.165, 1.54) is 26.6 Å². The van der Waals surface area contributed by atoms with E-state index in [0.29, 0.717) is 0 Å². The van der Waals surface area contributed by atoms with E-state index < -0.39 is 0 Å². The molecule has 0 saturated heterocycles. The second-order valence-electron chi connectivity index (χ2n) is 4.67. The van der Waals surface area contributed by atoms with Gasteiger partial charge in [0.2, 0.25) is 0 Å². The molecular weight excluding hydrogens is 262 g/mol. The molecule has 1 aliphatic carbocycles. The zero-order valence-corrected chi connectivity index (χ0v) is 13.0. The maximum absolute atomic E-state index is 3.87. The number of nitrogens with one attached hydrogen (secondary N) is 1. The maximum Gasteiger partial charge on any atom is 0.0125 e. The number of thioether (sulfide) groups is 1. The van der Waals surface area contributed by atoms with Crippen molar-refractivity contribution in [3.8, 4) is 0 Å². The molecule has 1 aromatic carbocycles. The van der Waals surface area contributed by atoms with Gasteiger partial charge in [0, 0.05) is 17.6 Å². The molecule has 0 aromatic heterocycles. The maximum atomic E-state index is 3.87. The van der Waals surface area contributed by atoms with E-state index >= 15 is 0 Å². The first kappa shape index (κ1) is 14.7. The minimum atomic E-state index is 1.10. The third-order valence-electron chi connectivity index (χ3n) is 3.31. The highest BCUT2D eigenvalue weighted by Gasteiger charge is 2.07. The third-order valence-corrected chi connectivity index (χ3v) is 4.40. The van der Waals surface area contributed by atoms with Crippen molar-refractivity contribution in [2.45, 2.75) is 24.7 Å². The first-order chi connectivity index (χ1) is 9.76. The number of hydrogen-bond acceptors (Lipinski definition) is 2. The van der Waals surface area contributed by atoms with Gasteiger partial charge in [-0.15, -0.1) is 0 Å². The Labute approximate surface area is 126 Å². The van der Waals surface area contributed by atoms with Crippen LogP contribution >= 0.6 is 11.8 Å². The van der Waals surface area contributed by atoms with E-state index in [2.05, 4.69) is 54.4 Å². The Hall–Kier alpha value is -1.67. The van der Waals surface area contributed by atoms with Crippen LogP contribution in [0.25, 0.3) is 12.2 Å². The van der Waals surface area contributed by atoms with Crippen LogP contribution < -0.4 is 5.32 Å². The minimum Gasteiger partial charge on any atom is -0.391 e. The van der Waals surface area contributed by atoms with Crippen LogP contribution in [0.2, 0.25) is 0 Å². The Bertz CT molecular complexity index is 579. The van der Waals surface area contributed by atoms with Crippen LogP contribution in [0.4, 0.5) is 0 Å². The van der Waals surface area contributed by atoms with Gasteiger partial charge in [0.05, 0.1) is 0 Å². The van der Waals surface area contributed by atoms with Crippen molar-refractivity contribution in [3.05, 3.63) is 64.7 Å². The SMILES string of the molecule is C=Cc1ccc(SC2=CC=C(NC)CC2)cc1/C=C\C. The van der Waals surface area contributed by atoms with Crippen LogP contribution in [0.3, 0.4) is 0 Å². The Morgan fingerprint density at radius 2 is 2.05 bits per heavy atom. The zero-order valence-electron chi connectivity index (χ0n) is 12.1. The fraction of sp³-hybridized carbons (Fsp3) is 0.222.